The molecule has 0 radical (unpaired) electrons. The molecule has 0 N–H and O–H groups in total. The Bertz CT molecular complexity index is 440. The van der Waals surface area contributed by atoms with E-state index in [0.717, 1.165) is 34.0 Å². The van der Waals surface area contributed by atoms with E-state index < -0.39 is 0 Å². The highest BCUT2D eigenvalue weighted by Crippen LogP contribution is 2.19. The van der Waals surface area contributed by atoms with E-state index in [1.54, 1.807) is 36.9 Å². The summed E-state index contributed by atoms with van der Waals surface area (Å²) < 4.78 is 0. The van der Waals surface area contributed by atoms with Gasteiger partial charge >= 0.3 is 0 Å². The van der Waals surface area contributed by atoms with Gasteiger partial charge in [0.2, 0.25) is 0 Å². The van der Waals surface area contributed by atoms with Gasteiger partial charge in [-0.3, -0.25) is 9.97 Å². The summed E-state index contributed by atoms with van der Waals surface area (Å²) >= 11 is 12.1. The maximum atomic E-state index is 6.04. The van der Waals surface area contributed by atoms with Crippen LogP contribution >= 0.6 is 23.2 Å². The Morgan fingerprint density at radius 1 is 0.812 bits per heavy atom. The quantitative estimate of drug-likeness (QED) is 0.835. The summed E-state index contributed by atoms with van der Waals surface area (Å²) in [6.45, 7) is 0. The average molecular weight is 253 g/mol. The van der Waals surface area contributed by atoms with Gasteiger partial charge in [-0.15, -0.1) is 0 Å². The van der Waals surface area contributed by atoms with E-state index >= 15 is 0 Å². The fraction of sp³-hybridized carbons (Fsp3) is 0.167. The fourth-order valence-electron chi connectivity index (χ4n) is 1.46. The second kappa shape index (κ2) is 5.28. The van der Waals surface area contributed by atoms with Crippen molar-refractivity contribution in [2.45, 2.75) is 12.8 Å². The van der Waals surface area contributed by atoms with Crippen LogP contribution in [0, 0.1) is 0 Å². The van der Waals surface area contributed by atoms with Crippen molar-refractivity contribution in [3.63, 3.8) is 0 Å². The zero-order valence-electron chi connectivity index (χ0n) is 8.53. The van der Waals surface area contributed by atoms with E-state index in [1.807, 2.05) is 0 Å². The highest BCUT2D eigenvalue weighted by Gasteiger charge is 2.03. The first-order chi connectivity index (χ1) is 7.77. The van der Waals surface area contributed by atoms with Crippen molar-refractivity contribution in [2.24, 2.45) is 0 Å². The van der Waals surface area contributed by atoms with Gasteiger partial charge in [-0.2, -0.15) is 0 Å². The van der Waals surface area contributed by atoms with E-state index in [9.17, 15) is 0 Å². The van der Waals surface area contributed by atoms with Gasteiger partial charge in [0, 0.05) is 34.8 Å². The molecule has 2 rings (SSSR count). The van der Waals surface area contributed by atoms with Gasteiger partial charge in [0.05, 0.1) is 0 Å². The molecular formula is C12H10Cl2N2. The van der Waals surface area contributed by atoms with Crippen LogP contribution < -0.4 is 0 Å². The molecule has 0 saturated carbocycles. The Hall–Kier alpha value is -1.12. The van der Waals surface area contributed by atoms with Gasteiger partial charge in [0.15, 0.2) is 0 Å². The summed E-state index contributed by atoms with van der Waals surface area (Å²) in [6, 6.07) is 3.59. The van der Waals surface area contributed by atoms with Gasteiger partial charge in [-0.25, -0.2) is 0 Å². The lowest BCUT2D eigenvalue weighted by Crippen LogP contribution is -1.94. The lowest BCUT2D eigenvalue weighted by atomic mass is 10.1. The van der Waals surface area contributed by atoms with Gasteiger partial charge < -0.3 is 0 Å². The van der Waals surface area contributed by atoms with E-state index in [4.69, 9.17) is 23.2 Å². The van der Waals surface area contributed by atoms with Crippen molar-refractivity contribution in [3.05, 3.63) is 58.1 Å². The zero-order chi connectivity index (χ0) is 11.4. The molecule has 82 valence electrons. The van der Waals surface area contributed by atoms with Crippen molar-refractivity contribution in [1.82, 2.24) is 9.97 Å². The predicted molar refractivity (Wildman–Crippen MR) is 65.9 cm³/mol. The number of aryl methyl sites for hydroxylation is 2. The fourth-order valence-corrected chi connectivity index (χ4v) is 1.86. The van der Waals surface area contributed by atoms with Crippen molar-refractivity contribution >= 4 is 23.2 Å². The Balaban J connectivity index is 2.09. The minimum absolute atomic E-state index is 0.745. The van der Waals surface area contributed by atoms with Gasteiger partial charge in [0.25, 0.3) is 0 Å². The van der Waals surface area contributed by atoms with Crippen LogP contribution in [-0.4, -0.2) is 9.97 Å². The first-order valence-corrected chi connectivity index (χ1v) is 5.70. The molecule has 0 bridgehead atoms. The molecule has 2 aromatic rings. The van der Waals surface area contributed by atoms with Gasteiger partial charge in [-0.1, -0.05) is 23.2 Å². The van der Waals surface area contributed by atoms with E-state index in [-0.39, 0.29) is 0 Å². The molecule has 0 aliphatic heterocycles. The monoisotopic (exact) mass is 252 g/mol. The summed E-state index contributed by atoms with van der Waals surface area (Å²) in [4.78, 5) is 8.09. The third-order valence-electron chi connectivity index (χ3n) is 2.35. The standard InChI is InChI=1S/C12H10Cl2N2/c13-11-3-5-15-7-9(11)1-2-10-8-16-6-4-12(10)14/h3-8H,1-2H2. The molecule has 0 atom stereocenters. The lowest BCUT2D eigenvalue weighted by Gasteiger charge is -2.04. The van der Waals surface area contributed by atoms with Crippen LogP contribution in [-0.2, 0) is 12.8 Å². The number of hydrogen-bond acceptors (Lipinski definition) is 2. The largest absolute Gasteiger partial charge is 0.264 e. The number of pyridine rings is 2. The van der Waals surface area contributed by atoms with Gasteiger partial charge in [0.1, 0.15) is 0 Å². The van der Waals surface area contributed by atoms with Crippen LogP contribution in [0.3, 0.4) is 0 Å². The highest BCUT2D eigenvalue weighted by atomic mass is 35.5. The lowest BCUT2D eigenvalue weighted by molar-refractivity contribution is 0.941. The number of nitrogens with zero attached hydrogens (tertiary/aromatic N) is 2. The second-order valence-corrected chi connectivity index (χ2v) is 4.25. The summed E-state index contributed by atoms with van der Waals surface area (Å²) in [5.74, 6) is 0. The summed E-state index contributed by atoms with van der Waals surface area (Å²) in [5.41, 5.74) is 2.06. The smallest absolute Gasteiger partial charge is 0.0468 e. The molecule has 0 aliphatic carbocycles. The number of halogens is 2. The average Bonchev–Trinajstić information content (AvgIpc) is 2.30. The zero-order valence-corrected chi connectivity index (χ0v) is 10.0. The highest BCUT2D eigenvalue weighted by molar-refractivity contribution is 6.31. The minimum atomic E-state index is 0.745. The molecule has 0 amide bonds. The van der Waals surface area contributed by atoms with Crippen molar-refractivity contribution in [2.75, 3.05) is 0 Å². The molecule has 4 heteroatoms. The van der Waals surface area contributed by atoms with Crippen molar-refractivity contribution < 1.29 is 0 Å². The first-order valence-electron chi connectivity index (χ1n) is 4.94. The third kappa shape index (κ3) is 2.71. The van der Waals surface area contributed by atoms with Gasteiger partial charge in [-0.05, 0) is 36.1 Å². The molecule has 0 fully saturated rings. The summed E-state index contributed by atoms with van der Waals surface area (Å²) in [6.07, 6.45) is 8.57. The Morgan fingerprint density at radius 3 is 1.62 bits per heavy atom. The number of aromatic nitrogens is 2. The molecule has 2 aromatic heterocycles. The molecule has 2 nitrogen and oxygen atoms in total. The molecule has 0 saturated heterocycles. The van der Waals surface area contributed by atoms with Crippen LogP contribution in [0.15, 0.2) is 36.9 Å². The molecule has 2 heterocycles. The van der Waals surface area contributed by atoms with Crippen LogP contribution in [0.1, 0.15) is 11.1 Å². The van der Waals surface area contributed by atoms with Crippen molar-refractivity contribution in [1.29, 1.82) is 0 Å². The Labute approximate surface area is 104 Å². The first kappa shape index (κ1) is 11.4. The second-order valence-electron chi connectivity index (χ2n) is 3.43. The van der Waals surface area contributed by atoms with E-state index in [1.165, 1.54) is 0 Å². The Morgan fingerprint density at radius 2 is 1.25 bits per heavy atom. The predicted octanol–water partition coefficient (Wildman–Crippen LogP) is 3.57. The normalized spacial score (nSPS) is 10.4. The summed E-state index contributed by atoms with van der Waals surface area (Å²) in [7, 11) is 0. The van der Waals surface area contributed by atoms with Crippen LogP contribution in [0.4, 0.5) is 0 Å². The minimum Gasteiger partial charge on any atom is -0.264 e. The van der Waals surface area contributed by atoms with Crippen molar-refractivity contribution in [3.8, 4) is 0 Å². The van der Waals surface area contributed by atoms with E-state index in [2.05, 4.69) is 9.97 Å². The van der Waals surface area contributed by atoms with Crippen LogP contribution in [0.25, 0.3) is 0 Å². The van der Waals surface area contributed by atoms with E-state index in [0.29, 0.717) is 0 Å². The number of hydrogen-bond donors (Lipinski definition) is 0. The molecule has 0 spiro atoms. The number of rotatable bonds is 3. The summed E-state index contributed by atoms with van der Waals surface area (Å²) in [5, 5.41) is 1.49. The molecular weight excluding hydrogens is 243 g/mol. The molecule has 16 heavy (non-hydrogen) atoms. The maximum absolute atomic E-state index is 6.04. The third-order valence-corrected chi connectivity index (χ3v) is 3.09. The molecule has 0 aromatic carbocycles. The van der Waals surface area contributed by atoms with Crippen LogP contribution in [0.5, 0.6) is 0 Å². The van der Waals surface area contributed by atoms with Crippen LogP contribution in [0.2, 0.25) is 10.0 Å². The Kier molecular flexibility index (Phi) is 3.75. The molecule has 0 aliphatic rings. The maximum Gasteiger partial charge on any atom is 0.0468 e. The molecule has 0 unspecified atom stereocenters. The topological polar surface area (TPSA) is 25.8 Å². The SMILES string of the molecule is Clc1ccncc1CCc1cnccc1Cl.